The first kappa shape index (κ1) is 15.9. The van der Waals surface area contributed by atoms with E-state index in [0.29, 0.717) is 6.54 Å². The summed E-state index contributed by atoms with van der Waals surface area (Å²) in [6, 6.07) is 9.88. The molecule has 6 nitrogen and oxygen atoms in total. The maximum absolute atomic E-state index is 12.5. The van der Waals surface area contributed by atoms with E-state index in [9.17, 15) is 4.79 Å². The molecule has 1 atom stereocenters. The van der Waals surface area contributed by atoms with Crippen LogP contribution in [0, 0.1) is 5.92 Å². The first-order valence-electron chi connectivity index (χ1n) is 8.84. The fourth-order valence-corrected chi connectivity index (χ4v) is 3.52. The van der Waals surface area contributed by atoms with Crippen LogP contribution in [0.15, 0.2) is 42.7 Å². The van der Waals surface area contributed by atoms with Crippen molar-refractivity contribution in [3.8, 4) is 5.75 Å². The number of nitrogens with one attached hydrogen (secondary N) is 1. The predicted molar refractivity (Wildman–Crippen MR) is 94.5 cm³/mol. The second kappa shape index (κ2) is 7.09. The van der Waals surface area contributed by atoms with Gasteiger partial charge in [-0.2, -0.15) is 0 Å². The zero-order valence-corrected chi connectivity index (χ0v) is 14.1. The van der Waals surface area contributed by atoms with Crippen molar-refractivity contribution < 1.29 is 9.53 Å². The average Bonchev–Trinajstić information content (AvgIpc) is 3.10. The lowest BCUT2D eigenvalue weighted by Gasteiger charge is -2.31. The maximum atomic E-state index is 12.5. The molecule has 1 N–H and O–H groups in total. The molecule has 1 aromatic heterocycles. The van der Waals surface area contributed by atoms with Gasteiger partial charge in [0, 0.05) is 37.8 Å². The number of benzene rings is 1. The number of piperidine rings is 1. The highest BCUT2D eigenvalue weighted by Gasteiger charge is 2.28. The summed E-state index contributed by atoms with van der Waals surface area (Å²) in [6.45, 7) is 2.19. The Morgan fingerprint density at radius 1 is 1.16 bits per heavy atom. The number of fused-ring (bicyclic) bond motifs is 1. The van der Waals surface area contributed by atoms with Gasteiger partial charge in [-0.25, -0.2) is 9.97 Å². The molecule has 0 saturated carbocycles. The minimum Gasteiger partial charge on any atom is -0.488 e. The molecule has 1 fully saturated rings. The Labute approximate surface area is 147 Å². The third-order valence-electron chi connectivity index (χ3n) is 4.92. The highest BCUT2D eigenvalue weighted by molar-refractivity contribution is 5.79. The molecule has 1 aromatic carbocycles. The Kier molecular flexibility index (Phi) is 4.50. The third kappa shape index (κ3) is 3.57. The van der Waals surface area contributed by atoms with E-state index in [-0.39, 0.29) is 17.9 Å². The quantitative estimate of drug-likeness (QED) is 0.921. The molecule has 3 heterocycles. The van der Waals surface area contributed by atoms with Crippen LogP contribution in [0.25, 0.3) is 0 Å². The van der Waals surface area contributed by atoms with Crippen molar-refractivity contribution in [2.75, 3.05) is 24.5 Å². The molecule has 1 saturated heterocycles. The van der Waals surface area contributed by atoms with Crippen molar-refractivity contribution in [1.82, 2.24) is 15.3 Å². The lowest BCUT2D eigenvalue weighted by Crippen LogP contribution is -2.43. The first-order chi connectivity index (χ1) is 12.3. The van der Waals surface area contributed by atoms with Gasteiger partial charge in [0.15, 0.2) is 0 Å². The van der Waals surface area contributed by atoms with Crippen molar-refractivity contribution in [3.63, 3.8) is 0 Å². The van der Waals surface area contributed by atoms with Gasteiger partial charge in [-0.15, -0.1) is 0 Å². The van der Waals surface area contributed by atoms with Crippen LogP contribution >= 0.6 is 0 Å². The molecule has 0 bridgehead atoms. The highest BCUT2D eigenvalue weighted by atomic mass is 16.5. The second-order valence-corrected chi connectivity index (χ2v) is 6.61. The highest BCUT2D eigenvalue weighted by Crippen LogP contribution is 2.28. The molecule has 2 aliphatic heterocycles. The predicted octanol–water partition coefficient (Wildman–Crippen LogP) is 1.81. The Bertz CT molecular complexity index is 704. The van der Waals surface area contributed by atoms with Gasteiger partial charge in [0.2, 0.25) is 11.9 Å². The molecule has 4 rings (SSSR count). The Morgan fingerprint density at radius 3 is 2.68 bits per heavy atom. The van der Waals surface area contributed by atoms with Crippen LogP contribution in [0.4, 0.5) is 5.95 Å². The molecule has 25 heavy (non-hydrogen) atoms. The molecule has 130 valence electrons. The number of nitrogens with zero attached hydrogens (tertiary/aromatic N) is 3. The van der Waals surface area contributed by atoms with E-state index >= 15 is 0 Å². The summed E-state index contributed by atoms with van der Waals surface area (Å²) in [5, 5.41) is 3.07. The first-order valence-corrected chi connectivity index (χ1v) is 8.84. The smallest absolute Gasteiger partial charge is 0.225 e. The van der Waals surface area contributed by atoms with Gasteiger partial charge in [0.05, 0.1) is 6.54 Å². The van der Waals surface area contributed by atoms with E-state index in [1.54, 1.807) is 12.4 Å². The van der Waals surface area contributed by atoms with Gasteiger partial charge < -0.3 is 15.0 Å². The summed E-state index contributed by atoms with van der Waals surface area (Å²) in [5.74, 6) is 1.88. The molecule has 0 unspecified atom stereocenters. The second-order valence-electron chi connectivity index (χ2n) is 6.61. The summed E-state index contributed by atoms with van der Waals surface area (Å²) in [4.78, 5) is 23.2. The number of rotatable bonds is 4. The number of hydrogen-bond acceptors (Lipinski definition) is 5. The van der Waals surface area contributed by atoms with Crippen LogP contribution in [0.3, 0.4) is 0 Å². The van der Waals surface area contributed by atoms with Gasteiger partial charge in [-0.05, 0) is 30.5 Å². The van der Waals surface area contributed by atoms with Crippen molar-refractivity contribution in [1.29, 1.82) is 0 Å². The van der Waals surface area contributed by atoms with Crippen LogP contribution in [0.2, 0.25) is 0 Å². The zero-order chi connectivity index (χ0) is 17.1. The van der Waals surface area contributed by atoms with E-state index in [1.165, 1.54) is 5.56 Å². The summed E-state index contributed by atoms with van der Waals surface area (Å²) in [6.07, 6.45) is 6.06. The van der Waals surface area contributed by atoms with Crippen LogP contribution in [0.1, 0.15) is 18.4 Å². The molecular weight excluding hydrogens is 316 g/mol. The van der Waals surface area contributed by atoms with Crippen molar-refractivity contribution in [3.05, 3.63) is 48.3 Å². The molecule has 2 aromatic rings. The van der Waals surface area contributed by atoms with E-state index in [1.807, 2.05) is 24.3 Å². The minimum absolute atomic E-state index is 0.0409. The Hall–Kier alpha value is -2.63. The number of aromatic nitrogens is 2. The van der Waals surface area contributed by atoms with E-state index in [2.05, 4.69) is 26.3 Å². The van der Waals surface area contributed by atoms with Crippen LogP contribution in [-0.2, 0) is 11.2 Å². The number of para-hydroxylation sites is 1. The zero-order valence-electron chi connectivity index (χ0n) is 14.1. The Balaban J connectivity index is 1.24. The standard InChI is InChI=1S/C19H22N4O2/c24-18(22-13-16-12-15-4-1-2-5-17(15)25-16)14-6-10-23(11-7-14)19-20-8-3-9-21-19/h1-5,8-9,14,16H,6-7,10-13H2,(H,22,24)/t16-/m1/s1. The molecule has 2 aliphatic rings. The number of ether oxygens (including phenoxy) is 1. The van der Waals surface area contributed by atoms with Crippen LogP contribution in [-0.4, -0.2) is 41.6 Å². The van der Waals surface area contributed by atoms with Crippen LogP contribution < -0.4 is 15.0 Å². The number of amides is 1. The topological polar surface area (TPSA) is 67.3 Å². The fraction of sp³-hybridized carbons (Fsp3) is 0.421. The molecule has 0 radical (unpaired) electrons. The largest absolute Gasteiger partial charge is 0.488 e. The van der Waals surface area contributed by atoms with Crippen molar-refractivity contribution in [2.24, 2.45) is 5.92 Å². The number of carbonyl (C=O) groups is 1. The number of hydrogen-bond donors (Lipinski definition) is 1. The normalized spacial score (nSPS) is 20.0. The monoisotopic (exact) mass is 338 g/mol. The molecule has 0 aliphatic carbocycles. The van der Waals surface area contributed by atoms with E-state index < -0.39 is 0 Å². The Morgan fingerprint density at radius 2 is 1.92 bits per heavy atom. The van der Waals surface area contributed by atoms with Gasteiger partial charge in [0.1, 0.15) is 11.9 Å². The molecule has 1 amide bonds. The number of anilines is 1. The fourth-order valence-electron chi connectivity index (χ4n) is 3.52. The molecule has 6 heteroatoms. The van der Waals surface area contributed by atoms with E-state index in [4.69, 9.17) is 4.74 Å². The van der Waals surface area contributed by atoms with Gasteiger partial charge in [-0.3, -0.25) is 4.79 Å². The van der Waals surface area contributed by atoms with Gasteiger partial charge in [0.25, 0.3) is 0 Å². The number of carbonyl (C=O) groups excluding carboxylic acids is 1. The summed E-state index contributed by atoms with van der Waals surface area (Å²) in [7, 11) is 0. The van der Waals surface area contributed by atoms with Gasteiger partial charge >= 0.3 is 0 Å². The van der Waals surface area contributed by atoms with Crippen LogP contribution in [0.5, 0.6) is 5.75 Å². The molecule has 0 spiro atoms. The summed E-state index contributed by atoms with van der Waals surface area (Å²) in [5.41, 5.74) is 1.22. The van der Waals surface area contributed by atoms with Crippen molar-refractivity contribution >= 4 is 11.9 Å². The summed E-state index contributed by atoms with van der Waals surface area (Å²) < 4.78 is 5.88. The van der Waals surface area contributed by atoms with E-state index in [0.717, 1.165) is 44.0 Å². The average molecular weight is 338 g/mol. The minimum atomic E-state index is 0.0409. The SMILES string of the molecule is O=C(NC[C@H]1Cc2ccccc2O1)C1CCN(c2ncccn2)CC1. The van der Waals surface area contributed by atoms with Gasteiger partial charge in [-0.1, -0.05) is 18.2 Å². The maximum Gasteiger partial charge on any atom is 0.225 e. The lowest BCUT2D eigenvalue weighted by atomic mass is 9.96. The molecular formula is C19H22N4O2. The summed E-state index contributed by atoms with van der Waals surface area (Å²) >= 11 is 0. The lowest BCUT2D eigenvalue weighted by molar-refractivity contribution is -0.125. The third-order valence-corrected chi connectivity index (χ3v) is 4.92. The van der Waals surface area contributed by atoms with Crippen molar-refractivity contribution in [2.45, 2.75) is 25.4 Å².